The predicted octanol–water partition coefficient (Wildman–Crippen LogP) is 3.41. The van der Waals surface area contributed by atoms with E-state index in [4.69, 9.17) is 0 Å². The third kappa shape index (κ3) is 3.52. The fourth-order valence-corrected chi connectivity index (χ4v) is 1.59. The van der Waals surface area contributed by atoms with Gasteiger partial charge in [-0.15, -0.1) is 0 Å². The molecule has 1 atom stereocenters. The topological polar surface area (TPSA) is 20.2 Å². The van der Waals surface area contributed by atoms with Crippen LogP contribution in [0.4, 0.5) is 13.2 Å². The maximum atomic E-state index is 12.2. The Morgan fingerprint density at radius 2 is 1.62 bits per heavy atom. The summed E-state index contributed by atoms with van der Waals surface area (Å²) in [7, 11) is 0. The van der Waals surface area contributed by atoms with Gasteiger partial charge in [-0.05, 0) is 24.5 Å². The summed E-state index contributed by atoms with van der Waals surface area (Å²) < 4.78 is 36.7. The first-order valence-electron chi connectivity index (χ1n) is 5.13. The third-order valence-electron chi connectivity index (χ3n) is 2.53. The van der Waals surface area contributed by atoms with Crippen LogP contribution in [-0.2, 0) is 12.0 Å². The first-order chi connectivity index (χ1) is 7.24. The first kappa shape index (κ1) is 13.0. The van der Waals surface area contributed by atoms with Gasteiger partial charge in [0.1, 0.15) is 0 Å². The number of halogens is 3. The molecular weight excluding hydrogens is 217 g/mol. The molecule has 0 heterocycles. The van der Waals surface area contributed by atoms with E-state index >= 15 is 0 Å². The van der Waals surface area contributed by atoms with Crippen LogP contribution in [0.2, 0.25) is 0 Å². The second-order valence-electron chi connectivity index (χ2n) is 4.12. The van der Waals surface area contributed by atoms with E-state index in [-0.39, 0.29) is 0 Å². The average Bonchev–Trinajstić information content (AvgIpc) is 2.14. The lowest BCUT2D eigenvalue weighted by Crippen LogP contribution is -2.28. The molecule has 1 N–H and O–H groups in total. The zero-order valence-corrected chi connectivity index (χ0v) is 9.30. The Morgan fingerprint density at radius 3 is 2.00 bits per heavy atom. The minimum atomic E-state index is -4.37. The van der Waals surface area contributed by atoms with Crippen LogP contribution >= 0.6 is 0 Å². The number of aliphatic hydroxyl groups is 1. The first-order valence-corrected chi connectivity index (χ1v) is 5.13. The van der Waals surface area contributed by atoms with Gasteiger partial charge in [0.15, 0.2) is 0 Å². The number of rotatable bonds is 3. The third-order valence-corrected chi connectivity index (χ3v) is 2.53. The van der Waals surface area contributed by atoms with Gasteiger partial charge in [-0.3, -0.25) is 0 Å². The Hall–Kier alpha value is -1.03. The second kappa shape index (κ2) is 4.45. The Labute approximate surface area is 92.9 Å². The van der Waals surface area contributed by atoms with Crippen molar-refractivity contribution < 1.29 is 18.3 Å². The SMILES string of the molecule is CCc1ccc(C(C)(O)CC(F)(F)F)cc1. The second-order valence-corrected chi connectivity index (χ2v) is 4.12. The van der Waals surface area contributed by atoms with E-state index < -0.39 is 18.2 Å². The van der Waals surface area contributed by atoms with E-state index in [1.54, 1.807) is 24.3 Å². The summed E-state index contributed by atoms with van der Waals surface area (Å²) in [6.07, 6.45) is -4.78. The Balaban J connectivity index is 2.89. The summed E-state index contributed by atoms with van der Waals surface area (Å²) in [5, 5.41) is 9.77. The summed E-state index contributed by atoms with van der Waals surface area (Å²) in [4.78, 5) is 0. The fraction of sp³-hybridized carbons (Fsp3) is 0.500. The molecule has 1 rings (SSSR count). The molecule has 0 aliphatic rings. The van der Waals surface area contributed by atoms with Gasteiger partial charge >= 0.3 is 6.18 Å². The maximum absolute atomic E-state index is 12.2. The van der Waals surface area contributed by atoms with Crippen molar-refractivity contribution in [1.29, 1.82) is 0 Å². The van der Waals surface area contributed by atoms with E-state index in [0.29, 0.717) is 5.56 Å². The summed E-state index contributed by atoms with van der Waals surface area (Å²) in [5.74, 6) is 0. The molecule has 0 bridgehead atoms. The lowest BCUT2D eigenvalue weighted by Gasteiger charge is -2.25. The van der Waals surface area contributed by atoms with E-state index in [0.717, 1.165) is 12.0 Å². The van der Waals surface area contributed by atoms with Crippen molar-refractivity contribution in [2.75, 3.05) is 0 Å². The molecule has 0 saturated carbocycles. The largest absolute Gasteiger partial charge is 0.392 e. The molecule has 0 saturated heterocycles. The summed E-state index contributed by atoms with van der Waals surface area (Å²) >= 11 is 0. The molecule has 0 aliphatic carbocycles. The van der Waals surface area contributed by atoms with Crippen molar-refractivity contribution >= 4 is 0 Å². The van der Waals surface area contributed by atoms with Crippen LogP contribution in [0.15, 0.2) is 24.3 Å². The zero-order chi connectivity index (χ0) is 12.4. The Morgan fingerprint density at radius 1 is 1.12 bits per heavy atom. The van der Waals surface area contributed by atoms with Crippen molar-refractivity contribution in [1.82, 2.24) is 0 Å². The molecular formula is C12H15F3O. The van der Waals surface area contributed by atoms with Gasteiger partial charge in [0.25, 0.3) is 0 Å². The van der Waals surface area contributed by atoms with Crippen molar-refractivity contribution in [3.63, 3.8) is 0 Å². The molecule has 1 nitrogen and oxygen atoms in total. The van der Waals surface area contributed by atoms with E-state index in [1.807, 2.05) is 6.92 Å². The lowest BCUT2D eigenvalue weighted by molar-refractivity contribution is -0.174. The van der Waals surface area contributed by atoms with Crippen molar-refractivity contribution in [2.45, 2.75) is 38.5 Å². The summed E-state index contributed by atoms with van der Waals surface area (Å²) in [6, 6.07) is 6.56. The van der Waals surface area contributed by atoms with Crippen LogP contribution in [0.5, 0.6) is 0 Å². The van der Waals surface area contributed by atoms with Crippen molar-refractivity contribution in [3.8, 4) is 0 Å². The minimum absolute atomic E-state index is 0.294. The molecule has 16 heavy (non-hydrogen) atoms. The molecule has 4 heteroatoms. The van der Waals surface area contributed by atoms with Crippen LogP contribution in [0.1, 0.15) is 31.4 Å². The van der Waals surface area contributed by atoms with E-state index in [9.17, 15) is 18.3 Å². The van der Waals surface area contributed by atoms with Crippen LogP contribution in [0, 0.1) is 0 Å². The molecule has 0 fully saturated rings. The highest BCUT2D eigenvalue weighted by Gasteiger charge is 2.39. The maximum Gasteiger partial charge on any atom is 0.392 e. The van der Waals surface area contributed by atoms with Gasteiger partial charge in [0.2, 0.25) is 0 Å². The van der Waals surface area contributed by atoms with Crippen LogP contribution in [0.25, 0.3) is 0 Å². The molecule has 1 unspecified atom stereocenters. The number of hydrogen-bond donors (Lipinski definition) is 1. The molecule has 0 aromatic heterocycles. The Kier molecular flexibility index (Phi) is 3.63. The van der Waals surface area contributed by atoms with Crippen molar-refractivity contribution in [3.05, 3.63) is 35.4 Å². The molecule has 0 aliphatic heterocycles. The van der Waals surface area contributed by atoms with Crippen molar-refractivity contribution in [2.24, 2.45) is 0 Å². The number of benzene rings is 1. The molecule has 90 valence electrons. The van der Waals surface area contributed by atoms with Crippen LogP contribution in [0.3, 0.4) is 0 Å². The van der Waals surface area contributed by atoms with Crippen LogP contribution in [-0.4, -0.2) is 11.3 Å². The lowest BCUT2D eigenvalue weighted by atomic mass is 9.91. The van der Waals surface area contributed by atoms with E-state index in [1.165, 1.54) is 6.92 Å². The van der Waals surface area contributed by atoms with Gasteiger partial charge in [0, 0.05) is 0 Å². The highest BCUT2D eigenvalue weighted by Crippen LogP contribution is 2.34. The smallest absolute Gasteiger partial charge is 0.385 e. The summed E-state index contributed by atoms with van der Waals surface area (Å²) in [5.41, 5.74) is -0.529. The summed E-state index contributed by atoms with van der Waals surface area (Å²) in [6.45, 7) is 3.14. The number of aryl methyl sites for hydroxylation is 1. The highest BCUT2D eigenvalue weighted by atomic mass is 19.4. The molecule has 0 amide bonds. The van der Waals surface area contributed by atoms with Crippen LogP contribution < -0.4 is 0 Å². The number of alkyl halides is 3. The van der Waals surface area contributed by atoms with Gasteiger partial charge in [-0.1, -0.05) is 31.2 Å². The molecule has 1 aromatic rings. The molecule has 1 aromatic carbocycles. The van der Waals surface area contributed by atoms with Gasteiger partial charge in [0.05, 0.1) is 12.0 Å². The Bertz CT molecular complexity index is 338. The zero-order valence-electron chi connectivity index (χ0n) is 9.30. The minimum Gasteiger partial charge on any atom is -0.385 e. The quantitative estimate of drug-likeness (QED) is 0.846. The molecule has 0 spiro atoms. The monoisotopic (exact) mass is 232 g/mol. The highest BCUT2D eigenvalue weighted by molar-refractivity contribution is 5.26. The normalized spacial score (nSPS) is 15.9. The standard InChI is InChI=1S/C12H15F3O/c1-3-9-4-6-10(7-5-9)11(2,16)8-12(13,14)15/h4-7,16H,3,8H2,1-2H3. The van der Waals surface area contributed by atoms with E-state index in [2.05, 4.69) is 0 Å². The average molecular weight is 232 g/mol. The number of hydrogen-bond acceptors (Lipinski definition) is 1. The fourth-order valence-electron chi connectivity index (χ4n) is 1.59. The van der Waals surface area contributed by atoms with Gasteiger partial charge < -0.3 is 5.11 Å². The van der Waals surface area contributed by atoms with Gasteiger partial charge in [-0.25, -0.2) is 0 Å². The molecule has 0 radical (unpaired) electrons. The predicted molar refractivity (Wildman–Crippen MR) is 56.1 cm³/mol. The van der Waals surface area contributed by atoms with Gasteiger partial charge in [-0.2, -0.15) is 13.2 Å².